The lowest BCUT2D eigenvalue weighted by Crippen LogP contribution is -2.25. The number of benzene rings is 8. The average Bonchev–Trinajstić information content (AvgIpc) is 3.97. The lowest BCUT2D eigenvalue weighted by molar-refractivity contribution is 0.570. The van der Waals surface area contributed by atoms with Gasteiger partial charge in [-0.1, -0.05) is 109 Å². The molecule has 1 atom stereocenters. The van der Waals surface area contributed by atoms with E-state index in [2.05, 4.69) is 193 Å². The maximum Gasteiger partial charge on any atom is 0.135 e. The van der Waals surface area contributed by atoms with Crippen molar-refractivity contribution in [2.24, 2.45) is 0 Å². The number of para-hydroxylation sites is 1. The van der Waals surface area contributed by atoms with E-state index in [0.717, 1.165) is 34.5 Å². The molecule has 3 aromatic heterocycles. The monoisotopic (exact) mass is 777 g/mol. The Balaban J connectivity index is 0.968. The minimum atomic E-state index is 0.235. The fraction of sp³-hybridized carbons (Fsp3) is 0.0370. The van der Waals surface area contributed by atoms with Crippen molar-refractivity contribution in [3.8, 4) is 22.3 Å². The van der Waals surface area contributed by atoms with E-state index in [1.165, 1.54) is 78.8 Å². The number of rotatable bonds is 6. The molecule has 1 unspecified atom stereocenters. The molecule has 0 bridgehead atoms. The van der Waals surface area contributed by atoms with Gasteiger partial charge in [0.1, 0.15) is 11.0 Å². The third-order valence-electron chi connectivity index (χ3n) is 11.8. The molecule has 2 nitrogen and oxygen atoms in total. The molecule has 0 fully saturated rings. The molecule has 8 aromatic carbocycles. The van der Waals surface area contributed by atoms with Gasteiger partial charge in [0.05, 0.1) is 0 Å². The first kappa shape index (κ1) is 33.4. The van der Waals surface area contributed by atoms with Crippen LogP contribution in [0.1, 0.15) is 17.9 Å². The highest BCUT2D eigenvalue weighted by molar-refractivity contribution is 7.26. The first-order valence-corrected chi connectivity index (χ1v) is 21.5. The molecule has 12 rings (SSSR count). The Hall–Kier alpha value is -6.72. The van der Waals surface area contributed by atoms with Crippen molar-refractivity contribution in [1.82, 2.24) is 0 Å². The van der Waals surface area contributed by atoms with Crippen LogP contribution in [-0.4, -0.2) is 0 Å². The van der Waals surface area contributed by atoms with Crippen LogP contribution in [-0.2, 0) is 0 Å². The second-order valence-corrected chi connectivity index (χ2v) is 17.4. The first-order valence-electron chi connectivity index (χ1n) is 19.8. The summed E-state index contributed by atoms with van der Waals surface area (Å²) < 4.78 is 11.5. The van der Waals surface area contributed by atoms with Crippen molar-refractivity contribution < 1.29 is 4.42 Å². The first-order chi connectivity index (χ1) is 28.7. The normalized spacial score (nSPS) is 13.9. The van der Waals surface area contributed by atoms with Crippen LogP contribution in [0.2, 0.25) is 0 Å². The van der Waals surface area contributed by atoms with Crippen LogP contribution in [0.3, 0.4) is 0 Å². The number of hydrogen-bond acceptors (Lipinski definition) is 4. The van der Waals surface area contributed by atoms with E-state index in [0.29, 0.717) is 0 Å². The van der Waals surface area contributed by atoms with E-state index in [1.807, 2.05) is 28.7 Å². The molecule has 11 aromatic rings. The molecule has 0 saturated carbocycles. The minimum Gasteiger partial charge on any atom is -0.456 e. The number of thiophene rings is 2. The van der Waals surface area contributed by atoms with Crippen LogP contribution in [0.5, 0.6) is 0 Å². The van der Waals surface area contributed by atoms with Gasteiger partial charge in [0.25, 0.3) is 0 Å². The predicted molar refractivity (Wildman–Crippen MR) is 250 cm³/mol. The Labute approximate surface area is 343 Å². The summed E-state index contributed by atoms with van der Waals surface area (Å²) in [4.78, 5) is 2.41. The summed E-state index contributed by atoms with van der Waals surface area (Å²) in [5, 5.41) is 7.64. The Morgan fingerprint density at radius 1 is 0.431 bits per heavy atom. The van der Waals surface area contributed by atoms with Gasteiger partial charge >= 0.3 is 0 Å². The highest BCUT2D eigenvalue weighted by atomic mass is 32.1. The van der Waals surface area contributed by atoms with Gasteiger partial charge in [-0.2, -0.15) is 0 Å². The minimum absolute atomic E-state index is 0.235. The molecule has 0 radical (unpaired) electrons. The maximum atomic E-state index is 6.22. The second-order valence-electron chi connectivity index (χ2n) is 15.2. The molecule has 274 valence electrons. The number of anilines is 3. The molecule has 4 heteroatoms. The number of fused-ring (bicyclic) bond motifs is 9. The Bertz CT molecular complexity index is 3510. The van der Waals surface area contributed by atoms with E-state index >= 15 is 0 Å². The smallest absolute Gasteiger partial charge is 0.135 e. The zero-order chi connectivity index (χ0) is 38.2. The molecular formula is C54H35NOS2. The van der Waals surface area contributed by atoms with E-state index < -0.39 is 0 Å². The Kier molecular flexibility index (Phi) is 7.75. The Morgan fingerprint density at radius 2 is 1.00 bits per heavy atom. The van der Waals surface area contributed by atoms with Crippen molar-refractivity contribution in [1.29, 1.82) is 0 Å². The molecule has 0 aliphatic heterocycles. The standard InChI is InChI=1S/C54H35NOS2/c1-4-16-49-43(13-1)46-31-38(21-26-50(46)56-49)35-9-7-11-41(29-35)55(40-24-19-34(20-25-40)37-22-27-53-47(32-37)44-14-2-5-17-51(44)57-53)42-12-8-10-36(30-42)39-23-28-54-48(33-39)45-15-3-6-18-52(45)58-54/h1-20,22-33,38H,21H2. The van der Waals surface area contributed by atoms with Gasteiger partial charge in [-0.25, -0.2) is 0 Å². The lowest BCUT2D eigenvalue weighted by atomic mass is 9.91. The zero-order valence-corrected chi connectivity index (χ0v) is 33.1. The molecule has 3 heterocycles. The quantitative estimate of drug-likeness (QED) is 0.167. The number of nitrogens with zero attached hydrogens (tertiary/aromatic N) is 1. The van der Waals surface area contributed by atoms with Crippen LogP contribution in [0.15, 0.2) is 186 Å². The maximum absolute atomic E-state index is 6.22. The van der Waals surface area contributed by atoms with Crippen LogP contribution in [0, 0.1) is 0 Å². The van der Waals surface area contributed by atoms with Crippen LogP contribution in [0.4, 0.5) is 17.1 Å². The SMILES string of the molecule is C1=c2oc3ccccc3c2=CC(c2cccc(N(c3ccc(-c4ccc5sc6ccccc6c5c4)cc3)c3cccc(-c4ccc5sc6ccccc6c5c4)c3)c2)C1. The van der Waals surface area contributed by atoms with Gasteiger partial charge in [0.2, 0.25) is 0 Å². The van der Waals surface area contributed by atoms with E-state index in [-0.39, 0.29) is 5.92 Å². The van der Waals surface area contributed by atoms with Gasteiger partial charge in [-0.15, -0.1) is 22.7 Å². The fourth-order valence-corrected chi connectivity index (χ4v) is 11.1. The van der Waals surface area contributed by atoms with Gasteiger partial charge in [-0.05, 0) is 119 Å². The summed E-state index contributed by atoms with van der Waals surface area (Å²) in [6.07, 6.45) is 5.55. The molecule has 0 N–H and O–H groups in total. The topological polar surface area (TPSA) is 16.4 Å². The summed E-state index contributed by atoms with van der Waals surface area (Å²) >= 11 is 3.72. The van der Waals surface area contributed by atoms with Gasteiger partial charge < -0.3 is 9.32 Å². The summed E-state index contributed by atoms with van der Waals surface area (Å²) in [6.45, 7) is 0. The van der Waals surface area contributed by atoms with Gasteiger partial charge in [0.15, 0.2) is 0 Å². The highest BCUT2D eigenvalue weighted by Crippen LogP contribution is 2.42. The van der Waals surface area contributed by atoms with E-state index in [1.54, 1.807) is 0 Å². The van der Waals surface area contributed by atoms with Crippen molar-refractivity contribution in [3.63, 3.8) is 0 Å². The van der Waals surface area contributed by atoms with Crippen molar-refractivity contribution in [2.45, 2.75) is 12.3 Å². The summed E-state index contributed by atoms with van der Waals surface area (Å²) in [7, 11) is 0. The lowest BCUT2D eigenvalue weighted by Gasteiger charge is -2.27. The molecule has 58 heavy (non-hydrogen) atoms. The molecule has 0 spiro atoms. The average molecular weight is 778 g/mol. The van der Waals surface area contributed by atoms with Crippen molar-refractivity contribution >= 4 is 103 Å². The molecule has 1 aliphatic carbocycles. The predicted octanol–water partition coefficient (Wildman–Crippen LogP) is 14.7. The highest BCUT2D eigenvalue weighted by Gasteiger charge is 2.19. The summed E-state index contributed by atoms with van der Waals surface area (Å²) in [6, 6.07) is 66.8. The van der Waals surface area contributed by atoms with Gasteiger partial charge in [-0.3, -0.25) is 0 Å². The number of hydrogen-bond donors (Lipinski definition) is 0. The molecule has 0 saturated heterocycles. The zero-order valence-electron chi connectivity index (χ0n) is 31.4. The number of furan rings is 1. The second kappa shape index (κ2) is 13.5. The largest absolute Gasteiger partial charge is 0.456 e. The van der Waals surface area contributed by atoms with Crippen LogP contribution >= 0.6 is 22.7 Å². The third kappa shape index (κ3) is 5.60. The van der Waals surface area contributed by atoms with Crippen LogP contribution < -0.4 is 15.5 Å². The summed E-state index contributed by atoms with van der Waals surface area (Å²) in [5.74, 6) is 0.235. The summed E-state index contributed by atoms with van der Waals surface area (Å²) in [5.41, 5.74) is 11.4. The van der Waals surface area contributed by atoms with Crippen molar-refractivity contribution in [3.05, 3.63) is 198 Å². The Morgan fingerprint density at radius 3 is 1.72 bits per heavy atom. The van der Waals surface area contributed by atoms with Crippen LogP contribution in [0.25, 0.3) is 85.7 Å². The van der Waals surface area contributed by atoms with Crippen molar-refractivity contribution in [2.75, 3.05) is 4.90 Å². The van der Waals surface area contributed by atoms with E-state index in [4.69, 9.17) is 4.42 Å². The molecule has 1 aliphatic rings. The van der Waals surface area contributed by atoms with E-state index in [9.17, 15) is 0 Å². The third-order valence-corrected chi connectivity index (χ3v) is 14.1. The molecule has 0 amide bonds. The van der Waals surface area contributed by atoms with Gasteiger partial charge in [0, 0.05) is 73.9 Å². The molecular weight excluding hydrogens is 743 g/mol. The fourth-order valence-electron chi connectivity index (χ4n) is 8.92.